The van der Waals surface area contributed by atoms with Gasteiger partial charge in [0.15, 0.2) is 18.1 Å². The minimum absolute atomic E-state index is 0.0196. The number of ether oxygens (including phenoxy) is 2. The molecule has 0 bridgehead atoms. The molecule has 3 rings (SSSR count). The Hall–Kier alpha value is -3.55. The van der Waals surface area contributed by atoms with Crippen LogP contribution in [0.1, 0.15) is 29.6 Å². The number of rotatable bonds is 10. The molecule has 0 saturated heterocycles. The summed E-state index contributed by atoms with van der Waals surface area (Å²) in [5.41, 5.74) is 0.255. The molecule has 8 heteroatoms. The van der Waals surface area contributed by atoms with Gasteiger partial charge in [-0.2, -0.15) is 0 Å². The first-order valence-electron chi connectivity index (χ1n) is 9.67. The molecule has 0 unspecified atom stereocenters. The molecule has 30 heavy (non-hydrogen) atoms. The molecular formula is C22H24N2O6. The van der Waals surface area contributed by atoms with Crippen molar-refractivity contribution in [3.63, 3.8) is 0 Å². The minimum Gasteiger partial charge on any atom is -0.493 e. The van der Waals surface area contributed by atoms with E-state index in [1.54, 1.807) is 35.2 Å². The SMILES string of the molecule is COc1ccccc1OCC(=O)N(CCC(=O)Nc1ccccc1C(=O)O)C1CC1. The number of benzene rings is 2. The molecule has 0 aromatic heterocycles. The second-order valence-corrected chi connectivity index (χ2v) is 6.91. The van der Waals surface area contributed by atoms with Crippen molar-refractivity contribution in [2.75, 3.05) is 25.6 Å². The Kier molecular flexibility index (Phi) is 6.90. The Bertz CT molecular complexity index is 925. The van der Waals surface area contributed by atoms with Crippen molar-refractivity contribution >= 4 is 23.5 Å². The van der Waals surface area contributed by atoms with Crippen LogP contribution in [0.3, 0.4) is 0 Å². The van der Waals surface area contributed by atoms with Crippen molar-refractivity contribution in [3.8, 4) is 11.5 Å². The van der Waals surface area contributed by atoms with Gasteiger partial charge in [-0.25, -0.2) is 4.79 Å². The maximum Gasteiger partial charge on any atom is 0.337 e. The van der Waals surface area contributed by atoms with Crippen molar-refractivity contribution in [1.82, 2.24) is 4.90 Å². The lowest BCUT2D eigenvalue weighted by Gasteiger charge is -2.22. The van der Waals surface area contributed by atoms with E-state index in [1.807, 2.05) is 6.07 Å². The monoisotopic (exact) mass is 412 g/mol. The Morgan fingerprint density at radius 1 is 1.07 bits per heavy atom. The van der Waals surface area contributed by atoms with Gasteiger partial charge in [0.25, 0.3) is 5.91 Å². The van der Waals surface area contributed by atoms with Gasteiger partial charge in [0.1, 0.15) is 0 Å². The molecule has 0 atom stereocenters. The molecule has 0 spiro atoms. The molecule has 1 fully saturated rings. The number of methoxy groups -OCH3 is 1. The summed E-state index contributed by atoms with van der Waals surface area (Å²) >= 11 is 0. The minimum atomic E-state index is -1.12. The first-order chi connectivity index (χ1) is 14.5. The first-order valence-corrected chi connectivity index (χ1v) is 9.67. The van der Waals surface area contributed by atoms with E-state index < -0.39 is 5.97 Å². The van der Waals surface area contributed by atoms with Gasteiger partial charge in [-0.1, -0.05) is 24.3 Å². The third-order valence-corrected chi connectivity index (χ3v) is 4.74. The highest BCUT2D eigenvalue weighted by atomic mass is 16.5. The number of carbonyl (C=O) groups is 3. The number of amides is 2. The number of carbonyl (C=O) groups excluding carboxylic acids is 2. The van der Waals surface area contributed by atoms with Crippen LogP contribution in [0.4, 0.5) is 5.69 Å². The standard InChI is InChI=1S/C22H24N2O6/c1-29-18-8-4-5-9-19(18)30-14-21(26)24(15-10-11-15)13-12-20(25)23-17-7-3-2-6-16(17)22(27)28/h2-9,15H,10-14H2,1H3,(H,23,25)(H,27,28). The predicted octanol–water partition coefficient (Wildman–Crippen LogP) is 2.79. The summed E-state index contributed by atoms with van der Waals surface area (Å²) in [7, 11) is 1.53. The zero-order valence-electron chi connectivity index (χ0n) is 16.7. The zero-order chi connectivity index (χ0) is 21.5. The molecule has 2 aromatic rings. The van der Waals surface area contributed by atoms with E-state index in [2.05, 4.69) is 5.32 Å². The zero-order valence-corrected chi connectivity index (χ0v) is 16.7. The number of nitrogens with one attached hydrogen (secondary N) is 1. The van der Waals surface area contributed by atoms with Crippen LogP contribution in [0.25, 0.3) is 0 Å². The van der Waals surface area contributed by atoms with Crippen LogP contribution in [0.15, 0.2) is 48.5 Å². The van der Waals surface area contributed by atoms with Crippen LogP contribution < -0.4 is 14.8 Å². The van der Waals surface area contributed by atoms with E-state index in [9.17, 15) is 19.5 Å². The van der Waals surface area contributed by atoms with Crippen molar-refractivity contribution in [3.05, 3.63) is 54.1 Å². The largest absolute Gasteiger partial charge is 0.493 e. The molecule has 158 valence electrons. The molecule has 0 radical (unpaired) electrons. The highest BCUT2D eigenvalue weighted by molar-refractivity contribution is 6.00. The number of nitrogens with zero attached hydrogens (tertiary/aromatic N) is 1. The van der Waals surface area contributed by atoms with Gasteiger partial charge in [-0.3, -0.25) is 9.59 Å². The molecule has 2 aromatic carbocycles. The molecule has 0 heterocycles. The third-order valence-electron chi connectivity index (χ3n) is 4.74. The average molecular weight is 412 g/mol. The van der Waals surface area contributed by atoms with Gasteiger partial charge in [-0.05, 0) is 37.1 Å². The number of anilines is 1. The normalized spacial score (nSPS) is 12.7. The smallest absolute Gasteiger partial charge is 0.337 e. The van der Waals surface area contributed by atoms with Crippen LogP contribution in [0.2, 0.25) is 0 Å². The summed E-state index contributed by atoms with van der Waals surface area (Å²) in [5.74, 6) is -0.657. The van der Waals surface area contributed by atoms with E-state index in [0.717, 1.165) is 12.8 Å². The van der Waals surface area contributed by atoms with Gasteiger partial charge in [-0.15, -0.1) is 0 Å². The Morgan fingerprint density at radius 2 is 1.73 bits per heavy atom. The van der Waals surface area contributed by atoms with Crippen LogP contribution in [0.5, 0.6) is 11.5 Å². The van der Waals surface area contributed by atoms with Crippen molar-refractivity contribution in [2.45, 2.75) is 25.3 Å². The second-order valence-electron chi connectivity index (χ2n) is 6.91. The lowest BCUT2D eigenvalue weighted by Crippen LogP contribution is -2.38. The third kappa shape index (κ3) is 5.50. The first kappa shape index (κ1) is 21.2. The summed E-state index contributed by atoms with van der Waals surface area (Å²) in [5, 5.41) is 11.8. The fourth-order valence-corrected chi connectivity index (χ4v) is 3.07. The van der Waals surface area contributed by atoms with Crippen molar-refractivity contribution in [2.24, 2.45) is 0 Å². The Labute approximate surface area is 174 Å². The summed E-state index contributed by atoms with van der Waals surface area (Å²) in [6.45, 7) is 0.0835. The van der Waals surface area contributed by atoms with Gasteiger partial charge < -0.3 is 24.8 Å². The van der Waals surface area contributed by atoms with Crippen molar-refractivity contribution in [1.29, 1.82) is 0 Å². The van der Waals surface area contributed by atoms with E-state index in [1.165, 1.54) is 19.2 Å². The lowest BCUT2D eigenvalue weighted by atomic mass is 10.1. The lowest BCUT2D eigenvalue weighted by molar-refractivity contribution is -0.134. The molecule has 8 nitrogen and oxygen atoms in total. The van der Waals surface area contributed by atoms with Crippen LogP contribution >= 0.6 is 0 Å². The average Bonchev–Trinajstić information content (AvgIpc) is 3.58. The predicted molar refractivity (Wildman–Crippen MR) is 110 cm³/mol. The molecular weight excluding hydrogens is 388 g/mol. The molecule has 2 amide bonds. The highest BCUT2D eigenvalue weighted by Crippen LogP contribution is 2.29. The van der Waals surface area contributed by atoms with Crippen molar-refractivity contribution < 1.29 is 29.0 Å². The molecule has 2 N–H and O–H groups in total. The van der Waals surface area contributed by atoms with E-state index >= 15 is 0 Å². The molecule has 0 aliphatic heterocycles. The fraction of sp³-hybridized carbons (Fsp3) is 0.318. The number of hydrogen-bond acceptors (Lipinski definition) is 5. The molecule has 1 aliphatic carbocycles. The van der Waals surface area contributed by atoms with Crippen LogP contribution in [-0.2, 0) is 9.59 Å². The van der Waals surface area contributed by atoms with Gasteiger partial charge in [0, 0.05) is 19.0 Å². The number of hydrogen-bond donors (Lipinski definition) is 2. The summed E-state index contributed by atoms with van der Waals surface area (Å²) in [6, 6.07) is 13.4. The van der Waals surface area contributed by atoms with E-state index in [4.69, 9.17) is 9.47 Å². The molecule has 1 aliphatic rings. The van der Waals surface area contributed by atoms with E-state index in [0.29, 0.717) is 11.5 Å². The summed E-state index contributed by atoms with van der Waals surface area (Å²) in [4.78, 5) is 37.9. The van der Waals surface area contributed by atoms with Gasteiger partial charge >= 0.3 is 5.97 Å². The van der Waals surface area contributed by atoms with Crippen LogP contribution in [0, 0.1) is 0 Å². The Balaban J connectivity index is 1.55. The molecule has 1 saturated carbocycles. The second kappa shape index (κ2) is 9.78. The Morgan fingerprint density at radius 3 is 2.40 bits per heavy atom. The highest BCUT2D eigenvalue weighted by Gasteiger charge is 2.33. The van der Waals surface area contributed by atoms with Gasteiger partial charge in [0.05, 0.1) is 18.4 Å². The maximum absolute atomic E-state index is 12.7. The number of carboxylic acids is 1. The van der Waals surface area contributed by atoms with Gasteiger partial charge in [0.2, 0.25) is 5.91 Å². The topological polar surface area (TPSA) is 105 Å². The number of aromatic carboxylic acids is 1. The quantitative estimate of drug-likeness (QED) is 0.622. The fourth-order valence-electron chi connectivity index (χ4n) is 3.07. The number of para-hydroxylation sites is 3. The maximum atomic E-state index is 12.7. The summed E-state index contributed by atoms with van der Waals surface area (Å²) in [6.07, 6.45) is 1.85. The van der Waals surface area contributed by atoms with E-state index in [-0.39, 0.29) is 48.7 Å². The summed E-state index contributed by atoms with van der Waals surface area (Å²) < 4.78 is 10.8. The number of carboxylic acid groups (broad SMARTS) is 1. The van der Waals surface area contributed by atoms with Crippen LogP contribution in [-0.4, -0.2) is 54.1 Å².